The van der Waals surface area contributed by atoms with E-state index in [9.17, 15) is 14.2 Å². The van der Waals surface area contributed by atoms with Crippen molar-refractivity contribution in [2.75, 3.05) is 20.4 Å². The maximum Gasteiger partial charge on any atom is 0.333 e. The molecule has 0 aliphatic carbocycles. The smallest absolute Gasteiger partial charge is 0.312 e. The number of allylic oxidation sites excluding steroid dienone is 2. The van der Waals surface area contributed by atoms with Gasteiger partial charge in [0.1, 0.15) is 5.02 Å². The predicted octanol–water partition coefficient (Wildman–Crippen LogP) is 1.23. The Balaban J connectivity index is 2.73. The fraction of sp³-hybridized carbons (Fsp3) is 0.400. The molecule has 0 bridgehead atoms. The zero-order valence-corrected chi connectivity index (χ0v) is 12.1. The highest BCUT2D eigenvalue weighted by Crippen LogP contribution is 2.46. The van der Waals surface area contributed by atoms with Crippen molar-refractivity contribution < 1.29 is 13.6 Å². The molecular weight excluding hydrogens is 295 g/mol. The normalized spacial score (nSPS) is 12.2. The topological polar surface area (TPSA) is 90.4 Å². The van der Waals surface area contributed by atoms with E-state index in [1.165, 1.54) is 25.0 Å². The number of nitrogens with zero attached hydrogens (tertiary/aromatic N) is 1. The van der Waals surface area contributed by atoms with Crippen LogP contribution in [0.1, 0.15) is 0 Å². The lowest BCUT2D eigenvalue weighted by Crippen LogP contribution is -2.29. The van der Waals surface area contributed by atoms with Gasteiger partial charge in [0.2, 0.25) is 0 Å². The third-order valence-electron chi connectivity index (χ3n) is 2.32. The van der Waals surface area contributed by atoms with E-state index in [2.05, 4.69) is 4.98 Å². The molecule has 106 valence electrons. The summed E-state index contributed by atoms with van der Waals surface area (Å²) in [5, 5.41) is -0.0764. The number of halogens is 1. The van der Waals surface area contributed by atoms with Crippen LogP contribution in [0.5, 0.6) is 0 Å². The molecule has 0 saturated carbocycles. The molecule has 0 saturated heterocycles. The van der Waals surface area contributed by atoms with Crippen LogP contribution < -0.4 is 11.2 Å². The molecule has 0 radical (unpaired) electrons. The number of hydrogen-bond acceptors (Lipinski definition) is 5. The quantitative estimate of drug-likeness (QED) is 0.630. The Labute approximate surface area is 114 Å². The van der Waals surface area contributed by atoms with Crippen LogP contribution in [0, 0.1) is 0 Å². The first-order chi connectivity index (χ1) is 8.91. The molecule has 9 heteroatoms. The highest BCUT2D eigenvalue weighted by atomic mass is 35.5. The van der Waals surface area contributed by atoms with Crippen molar-refractivity contribution in [3.63, 3.8) is 0 Å². The number of aromatic amines is 1. The van der Waals surface area contributed by atoms with Gasteiger partial charge in [-0.1, -0.05) is 23.8 Å². The number of hydrogen-bond donors (Lipinski definition) is 1. The molecule has 1 N–H and O–H groups in total. The first-order valence-electron chi connectivity index (χ1n) is 5.26. The molecule has 1 aromatic heterocycles. The molecule has 0 spiro atoms. The van der Waals surface area contributed by atoms with E-state index >= 15 is 0 Å². The second-order valence-corrected chi connectivity index (χ2v) is 6.24. The summed E-state index contributed by atoms with van der Waals surface area (Å²) < 4.78 is 22.4. The molecule has 1 heterocycles. The van der Waals surface area contributed by atoms with Crippen LogP contribution in [0.4, 0.5) is 0 Å². The largest absolute Gasteiger partial charge is 0.333 e. The molecule has 0 aliphatic heterocycles. The zero-order chi connectivity index (χ0) is 14.5. The predicted molar refractivity (Wildman–Crippen MR) is 72.0 cm³/mol. The molecule has 0 unspecified atom stereocenters. The molecule has 0 amide bonds. The van der Waals surface area contributed by atoms with Crippen LogP contribution in [0.15, 0.2) is 27.9 Å². The molecule has 0 atom stereocenters. The molecule has 19 heavy (non-hydrogen) atoms. The van der Waals surface area contributed by atoms with Gasteiger partial charge in [0.15, 0.2) is 0 Å². The lowest BCUT2D eigenvalue weighted by molar-refractivity contribution is 0.279. The van der Waals surface area contributed by atoms with E-state index in [0.717, 1.165) is 0 Å². The summed E-state index contributed by atoms with van der Waals surface area (Å²) in [5.41, 5.74) is -1.20. The Hall–Kier alpha value is -1.14. The maximum atomic E-state index is 11.7. The van der Waals surface area contributed by atoms with Gasteiger partial charge in [-0.05, 0) is 0 Å². The lowest BCUT2D eigenvalue weighted by Gasteiger charge is -2.10. The van der Waals surface area contributed by atoms with Crippen molar-refractivity contribution in [3.8, 4) is 0 Å². The first-order valence-corrected chi connectivity index (χ1v) is 7.37. The van der Waals surface area contributed by atoms with Crippen LogP contribution in [-0.4, -0.2) is 29.9 Å². The molecule has 0 fully saturated rings. The summed E-state index contributed by atoms with van der Waals surface area (Å²) in [7, 11) is -0.498. The van der Waals surface area contributed by atoms with Crippen molar-refractivity contribution >= 4 is 19.2 Å². The van der Waals surface area contributed by atoms with Gasteiger partial charge in [-0.25, -0.2) is 4.79 Å². The summed E-state index contributed by atoms with van der Waals surface area (Å²) in [4.78, 5) is 24.5. The number of aromatic nitrogens is 2. The van der Waals surface area contributed by atoms with Crippen molar-refractivity contribution in [2.45, 2.75) is 6.54 Å². The Morgan fingerprint density at radius 2 is 2.00 bits per heavy atom. The summed E-state index contributed by atoms with van der Waals surface area (Å²) >= 11 is 5.60. The second kappa shape index (κ2) is 6.86. The van der Waals surface area contributed by atoms with Crippen molar-refractivity contribution in [1.29, 1.82) is 0 Å². The number of rotatable bonds is 6. The zero-order valence-electron chi connectivity index (χ0n) is 10.5. The van der Waals surface area contributed by atoms with E-state index < -0.39 is 18.8 Å². The Kier molecular flexibility index (Phi) is 5.75. The van der Waals surface area contributed by atoms with Crippen LogP contribution in [0.2, 0.25) is 5.02 Å². The highest BCUT2D eigenvalue weighted by molar-refractivity contribution is 7.54. The first kappa shape index (κ1) is 15.9. The van der Waals surface area contributed by atoms with Crippen LogP contribution in [0.25, 0.3) is 0 Å². The van der Waals surface area contributed by atoms with Crippen molar-refractivity contribution in [3.05, 3.63) is 44.2 Å². The molecule has 1 rings (SSSR count). The maximum absolute atomic E-state index is 11.7. The van der Waals surface area contributed by atoms with Gasteiger partial charge in [-0.2, -0.15) is 0 Å². The van der Waals surface area contributed by atoms with Gasteiger partial charge in [-0.3, -0.25) is 18.9 Å². The van der Waals surface area contributed by atoms with Gasteiger partial charge in [0, 0.05) is 27.0 Å². The van der Waals surface area contributed by atoms with E-state index in [1.54, 1.807) is 12.2 Å². The third kappa shape index (κ3) is 4.47. The van der Waals surface area contributed by atoms with Crippen LogP contribution in [-0.2, 0) is 20.2 Å². The van der Waals surface area contributed by atoms with Crippen molar-refractivity contribution in [2.24, 2.45) is 0 Å². The Morgan fingerprint density at radius 1 is 1.37 bits per heavy atom. The number of H-pyrrole nitrogens is 1. The minimum Gasteiger partial charge on any atom is -0.312 e. The fourth-order valence-corrected chi connectivity index (χ4v) is 2.25. The lowest BCUT2D eigenvalue weighted by atomic mass is 10.5. The van der Waals surface area contributed by atoms with Gasteiger partial charge in [0.05, 0.1) is 6.16 Å². The summed E-state index contributed by atoms with van der Waals surface area (Å²) in [5.74, 6) is 0. The van der Waals surface area contributed by atoms with Crippen LogP contribution >= 0.6 is 19.2 Å². The second-order valence-electron chi connectivity index (χ2n) is 3.52. The fourth-order valence-electron chi connectivity index (χ4n) is 1.23. The van der Waals surface area contributed by atoms with Gasteiger partial charge < -0.3 is 9.05 Å². The minimum absolute atomic E-state index is 0.0764. The average molecular weight is 309 g/mol. The summed E-state index contributed by atoms with van der Waals surface area (Å²) in [6, 6.07) is 0. The molecule has 1 aromatic rings. The van der Waals surface area contributed by atoms with Crippen molar-refractivity contribution in [1.82, 2.24) is 9.55 Å². The standard InChI is InChI=1S/C10H14ClN2O5P/c1-17-19(16,18-2)6-4-3-5-13-7-8(11)9(14)12-10(13)15/h3-4,7H,5-6H2,1-2H3,(H,12,14,15)/b4-3+. The SMILES string of the molecule is COP(=O)(C/C=C/Cn1cc(Cl)c(=O)[nH]c1=O)OC. The van der Waals surface area contributed by atoms with Gasteiger partial charge in [0.25, 0.3) is 5.56 Å². The number of nitrogens with one attached hydrogen (secondary N) is 1. The minimum atomic E-state index is -3.09. The molecule has 0 aromatic carbocycles. The van der Waals surface area contributed by atoms with E-state index in [1.807, 2.05) is 0 Å². The Morgan fingerprint density at radius 3 is 2.58 bits per heavy atom. The average Bonchev–Trinajstić information content (AvgIpc) is 2.40. The third-order valence-corrected chi connectivity index (χ3v) is 4.36. The summed E-state index contributed by atoms with van der Waals surface area (Å²) in [6.07, 6.45) is 4.49. The van der Waals surface area contributed by atoms with E-state index in [-0.39, 0.29) is 17.7 Å². The van der Waals surface area contributed by atoms with Crippen LogP contribution in [0.3, 0.4) is 0 Å². The van der Waals surface area contributed by atoms with E-state index in [0.29, 0.717) is 0 Å². The van der Waals surface area contributed by atoms with Gasteiger partial charge >= 0.3 is 13.3 Å². The Bertz CT molecular complexity index is 613. The molecule has 7 nitrogen and oxygen atoms in total. The van der Waals surface area contributed by atoms with E-state index in [4.69, 9.17) is 20.6 Å². The van der Waals surface area contributed by atoms with Gasteiger partial charge in [-0.15, -0.1) is 0 Å². The summed E-state index contributed by atoms with van der Waals surface area (Å²) in [6.45, 7) is 0.183. The highest BCUT2D eigenvalue weighted by Gasteiger charge is 2.17. The molecular formula is C10H14ClN2O5P. The monoisotopic (exact) mass is 308 g/mol. The molecule has 0 aliphatic rings.